The molecule has 7 rings (SSSR count). The molecule has 5 aliphatic carbocycles. The second-order valence-corrected chi connectivity index (χ2v) is 11.2. The van der Waals surface area contributed by atoms with Gasteiger partial charge >= 0.3 is 5.97 Å². The molecule has 7 fully saturated rings. The molecule has 1 amide bonds. The molecule has 0 aromatic rings. The van der Waals surface area contributed by atoms with E-state index < -0.39 is 11.6 Å². The average molecular weight is 413 g/mol. The van der Waals surface area contributed by atoms with E-state index in [1.165, 1.54) is 6.42 Å². The van der Waals surface area contributed by atoms with Crippen LogP contribution in [-0.4, -0.2) is 53.1 Å². The van der Waals surface area contributed by atoms with Gasteiger partial charge in [0.1, 0.15) is 17.7 Å². The Morgan fingerprint density at radius 2 is 1.93 bits per heavy atom. The molecule has 5 saturated carbocycles. The Morgan fingerprint density at radius 3 is 2.60 bits per heavy atom. The van der Waals surface area contributed by atoms with Gasteiger partial charge in [0, 0.05) is 6.04 Å². The zero-order valence-electron chi connectivity index (χ0n) is 17.5. The van der Waals surface area contributed by atoms with Gasteiger partial charge in [-0.3, -0.25) is 9.59 Å². The summed E-state index contributed by atoms with van der Waals surface area (Å²) in [7, 11) is 0. The minimum absolute atomic E-state index is 0.0348. The van der Waals surface area contributed by atoms with Crippen molar-refractivity contribution in [2.24, 2.45) is 28.9 Å². The highest BCUT2D eigenvalue weighted by Gasteiger charge is 2.64. The van der Waals surface area contributed by atoms with Crippen molar-refractivity contribution in [3.05, 3.63) is 0 Å². The molecule has 7 aliphatic rings. The molecule has 0 spiro atoms. The molecule has 2 heterocycles. The van der Waals surface area contributed by atoms with Gasteiger partial charge < -0.3 is 20.7 Å². The maximum absolute atomic E-state index is 13.5. The number of likely N-dealkylation sites (tertiary alicyclic amines) is 1. The maximum atomic E-state index is 13.5. The van der Waals surface area contributed by atoms with Crippen LogP contribution in [-0.2, 0) is 14.3 Å². The van der Waals surface area contributed by atoms with E-state index in [2.05, 4.69) is 11.4 Å². The summed E-state index contributed by atoms with van der Waals surface area (Å²) in [5, 5.41) is 12.8. The zero-order valence-corrected chi connectivity index (χ0v) is 17.5. The van der Waals surface area contributed by atoms with E-state index in [9.17, 15) is 14.9 Å². The predicted octanol–water partition coefficient (Wildman–Crippen LogP) is 1.46. The molecular weight excluding hydrogens is 380 g/mol. The zero-order chi connectivity index (χ0) is 20.7. The summed E-state index contributed by atoms with van der Waals surface area (Å²) in [6, 6.07) is 1.45. The standard InChI is InChI=1S/C23H32N4O3/c24-11-16-5-15-6-18(15)27(16)20(28)19(25)22-7-13-4-14(8-22)10-23(9-13,12-22)30-21(29)17-2-1-3-26-17/h13-19,26H,1-10,12,25H2/t13-,14?,15?,16-,17?,18?,19+,22?,23?/m0/s1. The molecule has 162 valence electrons. The second-order valence-electron chi connectivity index (χ2n) is 11.2. The molecule has 2 saturated heterocycles. The molecule has 30 heavy (non-hydrogen) atoms. The minimum atomic E-state index is -0.596. The predicted molar refractivity (Wildman–Crippen MR) is 108 cm³/mol. The van der Waals surface area contributed by atoms with Crippen molar-refractivity contribution < 1.29 is 14.3 Å². The topological polar surface area (TPSA) is 108 Å². The van der Waals surface area contributed by atoms with Crippen LogP contribution in [0.15, 0.2) is 0 Å². The van der Waals surface area contributed by atoms with Gasteiger partial charge in [-0.1, -0.05) is 0 Å². The summed E-state index contributed by atoms with van der Waals surface area (Å²) in [6.07, 6.45) is 9.29. The number of amides is 1. The monoisotopic (exact) mass is 412 g/mol. The fourth-order valence-electron chi connectivity index (χ4n) is 8.21. The average Bonchev–Trinajstić information content (AvgIpc) is 3.12. The number of ether oxygens (including phenoxy) is 1. The SMILES string of the molecule is N#C[C@@H]1CC2CC2N1C(=O)[C@@H](N)C12CC3C[C@H](CC(OC(=O)C4CCCN4)(C3)C1)C2. The number of rotatable bonds is 4. The third-order valence-corrected chi connectivity index (χ3v) is 9.15. The van der Waals surface area contributed by atoms with Gasteiger partial charge in [0.15, 0.2) is 0 Å². The molecule has 2 aliphatic heterocycles. The van der Waals surface area contributed by atoms with Gasteiger partial charge in [-0.2, -0.15) is 5.26 Å². The maximum Gasteiger partial charge on any atom is 0.323 e. The first kappa shape index (κ1) is 19.1. The Balaban J connectivity index is 1.24. The number of nitriles is 1. The first-order chi connectivity index (χ1) is 14.4. The number of piperidine rings is 1. The van der Waals surface area contributed by atoms with E-state index >= 15 is 0 Å². The van der Waals surface area contributed by atoms with E-state index in [4.69, 9.17) is 10.5 Å². The summed E-state index contributed by atoms with van der Waals surface area (Å²) >= 11 is 0. The number of nitrogens with two attached hydrogens (primary N) is 1. The molecule has 3 N–H and O–H groups in total. The Kier molecular flexibility index (Phi) is 4.09. The van der Waals surface area contributed by atoms with Crippen LogP contribution in [0.2, 0.25) is 0 Å². The highest BCUT2D eigenvalue weighted by molar-refractivity contribution is 5.84. The normalized spacial score (nSPS) is 48.9. The summed E-state index contributed by atoms with van der Waals surface area (Å²) in [5.41, 5.74) is 6.00. The third kappa shape index (κ3) is 2.76. The van der Waals surface area contributed by atoms with Crippen molar-refractivity contribution >= 4 is 11.9 Å². The number of hydrogen-bond donors (Lipinski definition) is 2. The number of nitrogens with one attached hydrogen (secondary N) is 1. The smallest absolute Gasteiger partial charge is 0.323 e. The first-order valence-electron chi connectivity index (χ1n) is 11.9. The van der Waals surface area contributed by atoms with Crippen LogP contribution in [0.25, 0.3) is 0 Å². The fraction of sp³-hybridized carbons (Fsp3) is 0.870. The van der Waals surface area contributed by atoms with Crippen molar-refractivity contribution in [2.75, 3.05) is 6.54 Å². The summed E-state index contributed by atoms with van der Waals surface area (Å²) < 4.78 is 6.25. The van der Waals surface area contributed by atoms with Crippen LogP contribution in [0.5, 0.6) is 0 Å². The molecule has 0 radical (unpaired) electrons. The van der Waals surface area contributed by atoms with Gasteiger partial charge in [0.05, 0.1) is 12.1 Å². The molecular formula is C23H32N4O3. The lowest BCUT2D eigenvalue weighted by Gasteiger charge is -2.62. The molecule has 4 bridgehead atoms. The lowest BCUT2D eigenvalue weighted by Crippen LogP contribution is -2.66. The quantitative estimate of drug-likeness (QED) is 0.677. The number of carbonyl (C=O) groups is 2. The number of fused-ring (bicyclic) bond motifs is 1. The Bertz CT molecular complexity index is 802. The van der Waals surface area contributed by atoms with Gasteiger partial charge in [-0.25, -0.2) is 0 Å². The van der Waals surface area contributed by atoms with E-state index in [-0.39, 0.29) is 35.4 Å². The van der Waals surface area contributed by atoms with Crippen molar-refractivity contribution in [1.82, 2.24) is 10.2 Å². The fourth-order valence-corrected chi connectivity index (χ4v) is 8.21. The van der Waals surface area contributed by atoms with E-state index in [1.54, 1.807) is 0 Å². The lowest BCUT2D eigenvalue weighted by atomic mass is 9.46. The molecule has 7 nitrogen and oxygen atoms in total. The van der Waals surface area contributed by atoms with E-state index in [0.717, 1.165) is 57.9 Å². The number of nitrogens with zero attached hydrogens (tertiary/aromatic N) is 2. The Hall–Kier alpha value is -1.65. The van der Waals surface area contributed by atoms with Gasteiger partial charge in [0.25, 0.3) is 0 Å². The van der Waals surface area contributed by atoms with Crippen molar-refractivity contribution in [2.45, 2.75) is 94.0 Å². The molecule has 6 unspecified atom stereocenters. The summed E-state index contributed by atoms with van der Waals surface area (Å²) in [4.78, 5) is 28.2. The van der Waals surface area contributed by atoms with Crippen LogP contribution in [0.4, 0.5) is 0 Å². The van der Waals surface area contributed by atoms with Gasteiger partial charge in [-0.15, -0.1) is 0 Å². The molecule has 0 aromatic heterocycles. The van der Waals surface area contributed by atoms with Crippen LogP contribution in [0.3, 0.4) is 0 Å². The Morgan fingerprint density at radius 1 is 1.17 bits per heavy atom. The molecule has 9 atom stereocenters. The Labute approximate surface area is 177 Å². The highest BCUT2D eigenvalue weighted by atomic mass is 16.6. The van der Waals surface area contributed by atoms with Crippen LogP contribution in [0, 0.1) is 34.5 Å². The third-order valence-electron chi connectivity index (χ3n) is 9.15. The van der Waals surface area contributed by atoms with Crippen LogP contribution >= 0.6 is 0 Å². The van der Waals surface area contributed by atoms with Crippen molar-refractivity contribution in [1.29, 1.82) is 5.26 Å². The second kappa shape index (κ2) is 6.43. The summed E-state index contributed by atoms with van der Waals surface area (Å²) in [6.45, 7) is 0.874. The summed E-state index contributed by atoms with van der Waals surface area (Å²) in [5.74, 6) is 1.30. The van der Waals surface area contributed by atoms with Crippen LogP contribution < -0.4 is 11.1 Å². The minimum Gasteiger partial charge on any atom is -0.458 e. The van der Waals surface area contributed by atoms with E-state index in [0.29, 0.717) is 24.2 Å². The largest absolute Gasteiger partial charge is 0.458 e. The van der Waals surface area contributed by atoms with Gasteiger partial charge in [-0.05, 0) is 93.9 Å². The highest BCUT2D eigenvalue weighted by Crippen LogP contribution is 2.64. The van der Waals surface area contributed by atoms with Crippen molar-refractivity contribution in [3.63, 3.8) is 0 Å². The molecule has 0 aromatic carbocycles. The van der Waals surface area contributed by atoms with Crippen molar-refractivity contribution in [3.8, 4) is 6.07 Å². The first-order valence-corrected chi connectivity index (χ1v) is 11.9. The van der Waals surface area contributed by atoms with Gasteiger partial charge in [0.2, 0.25) is 5.91 Å². The van der Waals surface area contributed by atoms with E-state index in [1.807, 2.05) is 4.90 Å². The molecule has 7 heteroatoms. The number of carbonyl (C=O) groups excluding carboxylic acids is 2. The lowest BCUT2D eigenvalue weighted by molar-refractivity contribution is -0.207. The number of hydrogen-bond acceptors (Lipinski definition) is 6. The number of esters is 1. The van der Waals surface area contributed by atoms with Crippen LogP contribution in [0.1, 0.15) is 64.2 Å².